The molecule has 0 spiro atoms. The zero-order valence-electron chi connectivity index (χ0n) is 6.30. The van der Waals surface area contributed by atoms with E-state index < -0.39 is 0 Å². The topological polar surface area (TPSA) is 64.9 Å². The molecule has 1 rings (SSSR count). The molecule has 1 heterocycles. The summed E-state index contributed by atoms with van der Waals surface area (Å²) in [6.07, 6.45) is 1.55. The number of pyridine rings is 1. The monoisotopic (exact) mass is 249 g/mol. The molecule has 0 saturated carbocycles. The van der Waals surface area contributed by atoms with Crippen molar-refractivity contribution in [3.8, 4) is 0 Å². The molecule has 1 unspecified atom stereocenters. The van der Waals surface area contributed by atoms with Crippen LogP contribution in [-0.2, 0) is 0 Å². The number of nitrogens with zero attached hydrogens (tertiary/aromatic N) is 1. The summed E-state index contributed by atoms with van der Waals surface area (Å²) in [5, 5.41) is 0.567. The number of hydrogen-bond donors (Lipinski definition) is 2. The maximum Gasteiger partial charge on any atom is 0.110 e. The van der Waals surface area contributed by atoms with Gasteiger partial charge in [0.25, 0.3) is 0 Å². The molecule has 66 valence electrons. The second-order valence-electron chi connectivity index (χ2n) is 2.38. The summed E-state index contributed by atoms with van der Waals surface area (Å²) < 4.78 is 0.699. The Hall–Kier alpha value is -0.160. The summed E-state index contributed by atoms with van der Waals surface area (Å²) >= 11 is 9.00. The number of halogens is 2. The quantitative estimate of drug-likeness (QED) is 0.781. The first-order chi connectivity index (χ1) is 5.65. The fourth-order valence-electron chi connectivity index (χ4n) is 0.825. The first-order valence-corrected chi connectivity index (χ1v) is 4.59. The number of rotatable bonds is 2. The van der Waals surface area contributed by atoms with Crippen LogP contribution >= 0.6 is 27.5 Å². The molecule has 0 saturated heterocycles. The van der Waals surface area contributed by atoms with Crippen LogP contribution in [0.15, 0.2) is 16.9 Å². The largest absolute Gasteiger partial charge is 0.329 e. The zero-order chi connectivity index (χ0) is 9.14. The molecule has 12 heavy (non-hydrogen) atoms. The van der Waals surface area contributed by atoms with Crippen LogP contribution in [0.25, 0.3) is 0 Å². The van der Waals surface area contributed by atoms with Gasteiger partial charge in [0.2, 0.25) is 0 Å². The Balaban J connectivity index is 3.04. The van der Waals surface area contributed by atoms with Crippen LogP contribution in [0.5, 0.6) is 0 Å². The summed E-state index contributed by atoms with van der Waals surface area (Å²) in [6.45, 7) is 0.376. The van der Waals surface area contributed by atoms with Gasteiger partial charge in [-0.15, -0.1) is 0 Å². The number of aromatic nitrogens is 1. The third-order valence-electron chi connectivity index (χ3n) is 1.49. The van der Waals surface area contributed by atoms with E-state index in [1.54, 1.807) is 12.3 Å². The van der Waals surface area contributed by atoms with Gasteiger partial charge in [-0.2, -0.15) is 0 Å². The van der Waals surface area contributed by atoms with Crippen LogP contribution in [0.2, 0.25) is 5.02 Å². The van der Waals surface area contributed by atoms with Gasteiger partial charge in [-0.25, -0.2) is 4.98 Å². The molecule has 0 aliphatic carbocycles. The highest BCUT2D eigenvalue weighted by molar-refractivity contribution is 9.10. The Morgan fingerprint density at radius 3 is 2.92 bits per heavy atom. The van der Waals surface area contributed by atoms with Gasteiger partial charge in [0.1, 0.15) is 4.60 Å². The molecular formula is C7H9BrClN3. The SMILES string of the molecule is NCC(N)c1cc(Cl)cnc1Br. The Morgan fingerprint density at radius 1 is 1.67 bits per heavy atom. The van der Waals surface area contributed by atoms with Gasteiger partial charge in [-0.05, 0) is 22.0 Å². The zero-order valence-corrected chi connectivity index (χ0v) is 8.64. The molecule has 0 radical (unpaired) electrons. The van der Waals surface area contributed by atoms with Crippen LogP contribution in [0.3, 0.4) is 0 Å². The normalized spacial score (nSPS) is 13.0. The van der Waals surface area contributed by atoms with E-state index in [1.165, 1.54) is 0 Å². The van der Waals surface area contributed by atoms with Crippen molar-refractivity contribution in [3.63, 3.8) is 0 Å². The van der Waals surface area contributed by atoms with Gasteiger partial charge in [0.05, 0.1) is 5.02 Å². The molecule has 4 N–H and O–H groups in total. The predicted octanol–water partition coefficient (Wildman–Crippen LogP) is 1.46. The van der Waals surface area contributed by atoms with E-state index in [0.29, 0.717) is 16.2 Å². The molecule has 1 aromatic heterocycles. The van der Waals surface area contributed by atoms with Gasteiger partial charge in [0.15, 0.2) is 0 Å². The van der Waals surface area contributed by atoms with E-state index in [-0.39, 0.29) is 6.04 Å². The third-order valence-corrected chi connectivity index (χ3v) is 2.36. The molecule has 0 aliphatic heterocycles. The van der Waals surface area contributed by atoms with Gasteiger partial charge < -0.3 is 11.5 Å². The van der Waals surface area contributed by atoms with E-state index in [0.717, 1.165) is 5.56 Å². The molecular weight excluding hydrogens is 241 g/mol. The highest BCUT2D eigenvalue weighted by Crippen LogP contribution is 2.22. The first-order valence-electron chi connectivity index (χ1n) is 3.41. The lowest BCUT2D eigenvalue weighted by Gasteiger charge is -2.10. The van der Waals surface area contributed by atoms with Crippen LogP contribution in [0.4, 0.5) is 0 Å². The summed E-state index contributed by atoms with van der Waals surface area (Å²) in [6, 6.07) is 1.54. The minimum Gasteiger partial charge on any atom is -0.329 e. The molecule has 1 atom stereocenters. The van der Waals surface area contributed by atoms with Crippen molar-refractivity contribution in [3.05, 3.63) is 27.5 Å². The van der Waals surface area contributed by atoms with Crippen LogP contribution < -0.4 is 11.5 Å². The van der Waals surface area contributed by atoms with Crippen LogP contribution in [0.1, 0.15) is 11.6 Å². The molecule has 0 amide bonds. The highest BCUT2D eigenvalue weighted by atomic mass is 79.9. The number of nitrogens with two attached hydrogens (primary N) is 2. The van der Waals surface area contributed by atoms with Gasteiger partial charge >= 0.3 is 0 Å². The molecule has 1 aromatic rings. The van der Waals surface area contributed by atoms with Crippen molar-refractivity contribution >= 4 is 27.5 Å². The Labute approximate surface area is 84.2 Å². The van der Waals surface area contributed by atoms with Crippen molar-refractivity contribution < 1.29 is 0 Å². The standard InChI is InChI=1S/C7H9BrClN3/c8-7-5(6(11)2-10)1-4(9)3-12-7/h1,3,6H,2,10-11H2. The predicted molar refractivity (Wildman–Crippen MR) is 52.9 cm³/mol. The fraction of sp³-hybridized carbons (Fsp3) is 0.286. The molecule has 5 heteroatoms. The lowest BCUT2D eigenvalue weighted by atomic mass is 10.1. The fourth-order valence-corrected chi connectivity index (χ4v) is 1.50. The summed E-state index contributed by atoms with van der Waals surface area (Å²) in [7, 11) is 0. The Morgan fingerprint density at radius 2 is 2.33 bits per heavy atom. The molecule has 0 aromatic carbocycles. The Kier molecular flexibility index (Phi) is 3.46. The van der Waals surface area contributed by atoms with Crippen molar-refractivity contribution in [2.24, 2.45) is 11.5 Å². The van der Waals surface area contributed by atoms with Gasteiger partial charge in [-0.1, -0.05) is 11.6 Å². The molecule has 3 nitrogen and oxygen atoms in total. The summed E-state index contributed by atoms with van der Waals surface area (Å²) in [5.41, 5.74) is 12.0. The maximum absolute atomic E-state index is 5.74. The van der Waals surface area contributed by atoms with Crippen molar-refractivity contribution in [2.45, 2.75) is 6.04 Å². The maximum atomic E-state index is 5.74. The number of hydrogen-bond acceptors (Lipinski definition) is 3. The minimum atomic E-state index is -0.217. The minimum absolute atomic E-state index is 0.217. The van der Waals surface area contributed by atoms with E-state index in [1.807, 2.05) is 0 Å². The van der Waals surface area contributed by atoms with Crippen LogP contribution in [0, 0.1) is 0 Å². The average molecular weight is 251 g/mol. The van der Waals surface area contributed by atoms with Crippen molar-refractivity contribution in [2.75, 3.05) is 6.54 Å². The van der Waals surface area contributed by atoms with Gasteiger partial charge in [-0.3, -0.25) is 0 Å². The lowest BCUT2D eigenvalue weighted by Crippen LogP contribution is -2.21. The van der Waals surface area contributed by atoms with E-state index in [4.69, 9.17) is 23.1 Å². The lowest BCUT2D eigenvalue weighted by molar-refractivity contribution is 0.728. The van der Waals surface area contributed by atoms with Crippen molar-refractivity contribution in [1.82, 2.24) is 4.98 Å². The van der Waals surface area contributed by atoms with Crippen molar-refractivity contribution in [1.29, 1.82) is 0 Å². The van der Waals surface area contributed by atoms with E-state index in [2.05, 4.69) is 20.9 Å². The second-order valence-corrected chi connectivity index (χ2v) is 3.56. The smallest absolute Gasteiger partial charge is 0.110 e. The summed E-state index contributed by atoms with van der Waals surface area (Å²) in [4.78, 5) is 4.00. The summed E-state index contributed by atoms with van der Waals surface area (Å²) in [5.74, 6) is 0. The molecule has 0 bridgehead atoms. The van der Waals surface area contributed by atoms with E-state index in [9.17, 15) is 0 Å². The second kappa shape index (κ2) is 4.18. The highest BCUT2D eigenvalue weighted by Gasteiger charge is 2.09. The third kappa shape index (κ3) is 2.17. The average Bonchev–Trinajstić information content (AvgIpc) is 2.08. The molecule has 0 fully saturated rings. The Bertz CT molecular complexity index is 279. The van der Waals surface area contributed by atoms with Crippen LogP contribution in [-0.4, -0.2) is 11.5 Å². The van der Waals surface area contributed by atoms with E-state index >= 15 is 0 Å². The molecule has 0 aliphatic rings. The first kappa shape index (κ1) is 9.92. The van der Waals surface area contributed by atoms with Gasteiger partial charge in [0, 0.05) is 24.3 Å².